The highest BCUT2D eigenvalue weighted by Crippen LogP contribution is 2.55. The fourth-order valence-corrected chi connectivity index (χ4v) is 6.53. The summed E-state index contributed by atoms with van der Waals surface area (Å²) in [6.45, 7) is 2.53. The summed E-state index contributed by atoms with van der Waals surface area (Å²) in [5.41, 5.74) is 0.729. The Morgan fingerprint density at radius 1 is 1.04 bits per heavy atom. The van der Waals surface area contributed by atoms with Crippen LogP contribution >= 0.6 is 0 Å². The molecule has 0 aromatic heterocycles. The van der Waals surface area contributed by atoms with Crippen LogP contribution in [0.25, 0.3) is 0 Å². The Kier molecular flexibility index (Phi) is 4.04. The number of imide groups is 1. The molecular weight excluding hydrogens is 340 g/mol. The zero-order valence-electron chi connectivity index (χ0n) is 15.9. The summed E-state index contributed by atoms with van der Waals surface area (Å²) in [6.07, 6.45) is 7.93. The van der Waals surface area contributed by atoms with Crippen LogP contribution < -0.4 is 15.0 Å². The maximum Gasteiger partial charge on any atom is 0.251 e. The van der Waals surface area contributed by atoms with Crippen LogP contribution in [0, 0.1) is 17.8 Å². The predicted molar refractivity (Wildman–Crippen MR) is 103 cm³/mol. The highest BCUT2D eigenvalue weighted by atomic mass is 16.5. The normalized spacial score (nSPS) is 37.3. The van der Waals surface area contributed by atoms with Gasteiger partial charge in [-0.2, -0.15) is 0 Å². The summed E-state index contributed by atoms with van der Waals surface area (Å²) >= 11 is 0. The van der Waals surface area contributed by atoms with Gasteiger partial charge in [-0.05, 0) is 87.5 Å². The smallest absolute Gasteiger partial charge is 0.251 e. The molecule has 1 saturated heterocycles. The first kappa shape index (κ1) is 17.2. The molecule has 0 spiro atoms. The molecular formula is C22H28N2O3. The molecule has 4 saturated carbocycles. The van der Waals surface area contributed by atoms with Gasteiger partial charge in [0.25, 0.3) is 5.91 Å². The fourth-order valence-electron chi connectivity index (χ4n) is 6.53. The van der Waals surface area contributed by atoms with Crippen molar-refractivity contribution in [1.29, 1.82) is 0 Å². The van der Waals surface area contributed by atoms with Gasteiger partial charge in [0.2, 0.25) is 5.91 Å². The minimum absolute atomic E-state index is 0.0875. The summed E-state index contributed by atoms with van der Waals surface area (Å²) in [7, 11) is 0. The summed E-state index contributed by atoms with van der Waals surface area (Å²) in [5.74, 6) is 3.00. The van der Waals surface area contributed by atoms with Crippen LogP contribution in [0.15, 0.2) is 24.3 Å². The van der Waals surface area contributed by atoms with Gasteiger partial charge in [0.1, 0.15) is 5.75 Å². The third-order valence-corrected chi connectivity index (χ3v) is 7.07. The molecule has 1 aliphatic heterocycles. The maximum atomic E-state index is 13.1. The molecule has 1 aromatic rings. The lowest BCUT2D eigenvalue weighted by atomic mass is 9.53. The van der Waals surface area contributed by atoms with Crippen LogP contribution in [0.3, 0.4) is 0 Å². The number of hydrogen-bond donors (Lipinski definition) is 1. The molecule has 6 rings (SSSR count). The van der Waals surface area contributed by atoms with Crippen molar-refractivity contribution in [1.82, 2.24) is 5.32 Å². The van der Waals surface area contributed by atoms with E-state index in [0.717, 1.165) is 23.5 Å². The number of anilines is 1. The highest BCUT2D eigenvalue weighted by molar-refractivity contribution is 6.22. The lowest BCUT2D eigenvalue weighted by Gasteiger charge is -2.57. The zero-order chi connectivity index (χ0) is 18.6. The summed E-state index contributed by atoms with van der Waals surface area (Å²) in [6, 6.07) is 6.86. The number of carbonyl (C=O) groups is 2. The first-order valence-electron chi connectivity index (χ1n) is 10.4. The topological polar surface area (TPSA) is 58.6 Å². The average molecular weight is 368 g/mol. The van der Waals surface area contributed by atoms with Crippen LogP contribution in [-0.2, 0) is 9.59 Å². The second kappa shape index (κ2) is 6.33. The van der Waals surface area contributed by atoms with E-state index in [0.29, 0.717) is 12.3 Å². The Morgan fingerprint density at radius 3 is 2.19 bits per heavy atom. The Labute approximate surface area is 160 Å². The molecule has 1 atom stereocenters. The van der Waals surface area contributed by atoms with E-state index in [1.54, 1.807) is 12.1 Å². The van der Waals surface area contributed by atoms with Crippen LogP contribution in [0.4, 0.5) is 5.69 Å². The van der Waals surface area contributed by atoms with Crippen LogP contribution in [-0.4, -0.2) is 30.0 Å². The van der Waals surface area contributed by atoms with E-state index in [9.17, 15) is 9.59 Å². The third-order valence-electron chi connectivity index (χ3n) is 7.07. The van der Waals surface area contributed by atoms with Crippen LogP contribution in [0.2, 0.25) is 0 Å². The molecule has 1 aromatic carbocycles. The zero-order valence-corrected chi connectivity index (χ0v) is 15.9. The molecule has 5 heteroatoms. The first-order valence-corrected chi connectivity index (χ1v) is 10.4. The van der Waals surface area contributed by atoms with Gasteiger partial charge in [-0.15, -0.1) is 0 Å². The molecule has 5 fully saturated rings. The largest absolute Gasteiger partial charge is 0.494 e. The Balaban J connectivity index is 1.32. The van der Waals surface area contributed by atoms with E-state index in [2.05, 4.69) is 5.32 Å². The number of hydrogen-bond acceptors (Lipinski definition) is 4. The van der Waals surface area contributed by atoms with E-state index in [4.69, 9.17) is 4.74 Å². The van der Waals surface area contributed by atoms with Gasteiger partial charge in [-0.1, -0.05) is 0 Å². The molecule has 1 unspecified atom stereocenters. The average Bonchev–Trinajstić information content (AvgIpc) is 2.88. The highest BCUT2D eigenvalue weighted by Gasteiger charge is 2.53. The van der Waals surface area contributed by atoms with Crippen molar-refractivity contribution in [3.63, 3.8) is 0 Å². The molecule has 2 amide bonds. The molecule has 5 aliphatic rings. The molecule has 5 nitrogen and oxygen atoms in total. The minimum Gasteiger partial charge on any atom is -0.494 e. The Bertz CT molecular complexity index is 722. The van der Waals surface area contributed by atoms with E-state index in [1.807, 2.05) is 19.1 Å². The van der Waals surface area contributed by atoms with Gasteiger partial charge in [0.05, 0.1) is 24.8 Å². The van der Waals surface area contributed by atoms with E-state index in [1.165, 1.54) is 43.4 Å². The van der Waals surface area contributed by atoms with Gasteiger partial charge >= 0.3 is 0 Å². The number of amides is 2. The molecule has 0 radical (unpaired) electrons. The fraction of sp³-hybridized carbons (Fsp3) is 0.636. The number of benzene rings is 1. The van der Waals surface area contributed by atoms with Crippen LogP contribution in [0.1, 0.15) is 51.9 Å². The molecule has 1 heterocycles. The van der Waals surface area contributed by atoms with Crippen molar-refractivity contribution in [2.75, 3.05) is 11.5 Å². The van der Waals surface area contributed by atoms with Crippen molar-refractivity contribution in [2.24, 2.45) is 17.8 Å². The van der Waals surface area contributed by atoms with Crippen molar-refractivity contribution >= 4 is 17.5 Å². The quantitative estimate of drug-likeness (QED) is 0.811. The van der Waals surface area contributed by atoms with Crippen molar-refractivity contribution < 1.29 is 14.3 Å². The van der Waals surface area contributed by atoms with Crippen molar-refractivity contribution in [3.05, 3.63) is 24.3 Å². The van der Waals surface area contributed by atoms with Crippen molar-refractivity contribution in [2.45, 2.75) is 63.5 Å². The van der Waals surface area contributed by atoms with E-state index in [-0.39, 0.29) is 29.8 Å². The lowest BCUT2D eigenvalue weighted by molar-refractivity contribution is -0.122. The van der Waals surface area contributed by atoms with Gasteiger partial charge in [-0.25, -0.2) is 4.90 Å². The number of nitrogens with one attached hydrogen (secondary N) is 1. The van der Waals surface area contributed by atoms with Gasteiger partial charge in [0.15, 0.2) is 0 Å². The summed E-state index contributed by atoms with van der Waals surface area (Å²) < 4.78 is 5.46. The molecule has 144 valence electrons. The van der Waals surface area contributed by atoms with Crippen molar-refractivity contribution in [3.8, 4) is 5.75 Å². The predicted octanol–water partition coefficient (Wildman–Crippen LogP) is 3.28. The monoisotopic (exact) mass is 368 g/mol. The van der Waals surface area contributed by atoms with Crippen LogP contribution in [0.5, 0.6) is 5.75 Å². The van der Waals surface area contributed by atoms with Gasteiger partial charge < -0.3 is 4.74 Å². The number of carbonyl (C=O) groups excluding carboxylic acids is 2. The van der Waals surface area contributed by atoms with Gasteiger partial charge in [0, 0.05) is 5.54 Å². The SMILES string of the molecule is CCOc1ccc(N2C(=O)CC(NC34CC5CC(CC(C5)C3)C4)C2=O)cc1. The second-order valence-electron chi connectivity index (χ2n) is 9.09. The maximum absolute atomic E-state index is 13.1. The standard InChI is InChI=1S/C22H28N2O3/c1-2-27-18-5-3-17(4-6-18)24-20(25)10-19(21(24)26)23-22-11-14-7-15(12-22)9-16(8-14)13-22/h3-6,14-16,19,23H,2,7-13H2,1H3. The van der Waals surface area contributed by atoms with E-state index < -0.39 is 0 Å². The van der Waals surface area contributed by atoms with E-state index >= 15 is 0 Å². The Morgan fingerprint density at radius 2 is 1.63 bits per heavy atom. The minimum atomic E-state index is -0.375. The summed E-state index contributed by atoms with van der Waals surface area (Å²) in [4.78, 5) is 27.0. The third kappa shape index (κ3) is 2.96. The van der Waals surface area contributed by atoms with Gasteiger partial charge in [-0.3, -0.25) is 14.9 Å². The lowest BCUT2D eigenvalue weighted by Crippen LogP contribution is -2.61. The molecule has 4 bridgehead atoms. The first-order chi connectivity index (χ1) is 13.0. The molecule has 1 N–H and O–H groups in total. The summed E-state index contributed by atoms with van der Waals surface area (Å²) in [5, 5.41) is 3.70. The number of ether oxygens (including phenoxy) is 1. The number of rotatable bonds is 5. The Hall–Kier alpha value is -1.88. The second-order valence-corrected chi connectivity index (χ2v) is 9.09. The molecule has 27 heavy (non-hydrogen) atoms. The number of nitrogens with zero attached hydrogens (tertiary/aromatic N) is 1. The molecule has 4 aliphatic carbocycles.